The molecule has 1 fully saturated rings. The molecule has 1 aliphatic carbocycles. The van der Waals surface area contributed by atoms with Gasteiger partial charge >= 0.3 is 11.9 Å². The first-order chi connectivity index (χ1) is 20.4. The third-order valence-electron chi connectivity index (χ3n) is 8.10. The molecular weight excluding hydrogens is 570 g/mol. The molecule has 0 radical (unpaired) electrons. The van der Waals surface area contributed by atoms with Crippen molar-refractivity contribution in [1.29, 1.82) is 0 Å². The maximum Gasteiger partial charge on any atom is 0.424 e. The highest BCUT2D eigenvalue weighted by molar-refractivity contribution is 5.97. The van der Waals surface area contributed by atoms with Crippen molar-refractivity contribution in [2.24, 2.45) is 5.92 Å². The summed E-state index contributed by atoms with van der Waals surface area (Å²) in [6.45, 7) is 1.95. The molecule has 2 aliphatic rings. The predicted molar refractivity (Wildman–Crippen MR) is 149 cm³/mol. The van der Waals surface area contributed by atoms with Gasteiger partial charge in [-0.1, -0.05) is 6.92 Å². The van der Waals surface area contributed by atoms with Gasteiger partial charge in [-0.15, -0.1) is 0 Å². The molecule has 2 aromatic heterocycles. The Balaban J connectivity index is 1.38. The summed E-state index contributed by atoms with van der Waals surface area (Å²) in [5.74, 6) is -0.606. The molecule has 1 aliphatic heterocycles. The van der Waals surface area contributed by atoms with E-state index in [0.717, 1.165) is 31.5 Å². The van der Waals surface area contributed by atoms with Gasteiger partial charge in [0.1, 0.15) is 17.3 Å². The second-order valence-corrected chi connectivity index (χ2v) is 11.5. The molecule has 13 heteroatoms. The van der Waals surface area contributed by atoms with Crippen LogP contribution < -0.4 is 21.1 Å². The third kappa shape index (κ3) is 5.50. The third-order valence-corrected chi connectivity index (χ3v) is 8.10. The van der Waals surface area contributed by atoms with Gasteiger partial charge in [0.2, 0.25) is 5.60 Å². The molecule has 2 aromatic carbocycles. The number of halogens is 4. The van der Waals surface area contributed by atoms with Crippen molar-refractivity contribution in [2.75, 3.05) is 26.2 Å². The zero-order chi connectivity index (χ0) is 30.6. The minimum absolute atomic E-state index is 0.0225. The molecule has 2 atom stereocenters. The molecular formula is C30H29F4N5O4. The standard InChI is InChI=1S/C30H29F4N5O4/c1-28(13-35-12-16-2-3-16)15-43-25-20(28)11-23(39-24(25)17-4-7-19(31)8-5-17)29(42,30(32,33)34)14-36-26(40)18-6-9-21-22(10-18)38-27(41)37-21/h4-11,16,35,42H,2-3,12-15H2,1H3,(H,36,40)(H2,37,38,41)/t28-,29-/m0/s1. The van der Waals surface area contributed by atoms with E-state index in [2.05, 4.69) is 25.6 Å². The second-order valence-electron chi connectivity index (χ2n) is 11.5. The van der Waals surface area contributed by atoms with Crippen molar-refractivity contribution in [3.8, 4) is 17.0 Å². The Hall–Kier alpha value is -4.23. The zero-order valence-electron chi connectivity index (χ0n) is 23.1. The van der Waals surface area contributed by atoms with Crippen molar-refractivity contribution in [2.45, 2.75) is 37.0 Å². The summed E-state index contributed by atoms with van der Waals surface area (Å²) in [7, 11) is 0. The normalized spacial score (nSPS) is 19.6. The van der Waals surface area contributed by atoms with E-state index < -0.39 is 46.8 Å². The van der Waals surface area contributed by atoms with Crippen LogP contribution in [0, 0.1) is 11.7 Å². The van der Waals surface area contributed by atoms with Crippen LogP contribution in [0.5, 0.6) is 5.75 Å². The van der Waals surface area contributed by atoms with E-state index in [4.69, 9.17) is 4.74 Å². The molecule has 5 N–H and O–H groups in total. The lowest BCUT2D eigenvalue weighted by Crippen LogP contribution is -2.51. The van der Waals surface area contributed by atoms with Crippen LogP contribution in [0.3, 0.4) is 0 Å². The Kier molecular flexibility index (Phi) is 7.04. The van der Waals surface area contributed by atoms with Crippen molar-refractivity contribution in [3.05, 3.63) is 81.7 Å². The summed E-state index contributed by atoms with van der Waals surface area (Å²) in [6, 6.07) is 10.3. The molecule has 3 heterocycles. The number of carbonyl (C=O) groups is 1. The fourth-order valence-corrected chi connectivity index (χ4v) is 5.29. The molecule has 0 bridgehead atoms. The quantitative estimate of drug-likeness (QED) is 0.186. The minimum Gasteiger partial charge on any atom is -0.490 e. The summed E-state index contributed by atoms with van der Waals surface area (Å²) >= 11 is 0. The zero-order valence-corrected chi connectivity index (χ0v) is 23.1. The van der Waals surface area contributed by atoms with E-state index in [-0.39, 0.29) is 23.6 Å². The van der Waals surface area contributed by atoms with Gasteiger partial charge in [0.15, 0.2) is 0 Å². The number of ether oxygens (including phenoxy) is 1. The van der Waals surface area contributed by atoms with Gasteiger partial charge < -0.3 is 30.4 Å². The number of carbonyl (C=O) groups excluding carboxylic acids is 1. The van der Waals surface area contributed by atoms with E-state index in [1.165, 1.54) is 36.4 Å². The van der Waals surface area contributed by atoms with E-state index in [9.17, 15) is 32.3 Å². The average Bonchev–Trinajstić information content (AvgIpc) is 3.62. The first kappa shape index (κ1) is 28.9. The summed E-state index contributed by atoms with van der Waals surface area (Å²) in [5.41, 5.74) is -4.16. The lowest BCUT2D eigenvalue weighted by atomic mass is 9.82. The van der Waals surface area contributed by atoms with Crippen molar-refractivity contribution in [1.82, 2.24) is 25.6 Å². The van der Waals surface area contributed by atoms with E-state index in [0.29, 0.717) is 34.6 Å². The Morgan fingerprint density at radius 3 is 2.53 bits per heavy atom. The van der Waals surface area contributed by atoms with Gasteiger partial charge in [-0.2, -0.15) is 13.2 Å². The largest absolute Gasteiger partial charge is 0.490 e. The number of aromatic nitrogens is 3. The molecule has 0 spiro atoms. The number of pyridine rings is 1. The second kappa shape index (κ2) is 10.5. The molecule has 226 valence electrons. The predicted octanol–water partition coefficient (Wildman–Crippen LogP) is 3.89. The van der Waals surface area contributed by atoms with Gasteiger partial charge in [0.05, 0.1) is 29.9 Å². The molecule has 4 aromatic rings. The molecule has 9 nitrogen and oxygen atoms in total. The molecule has 1 amide bonds. The molecule has 43 heavy (non-hydrogen) atoms. The van der Waals surface area contributed by atoms with Crippen molar-refractivity contribution >= 4 is 16.9 Å². The Bertz CT molecular complexity index is 1750. The number of hydrogen-bond acceptors (Lipinski definition) is 6. The first-order valence-corrected chi connectivity index (χ1v) is 13.8. The smallest absolute Gasteiger partial charge is 0.424 e. The van der Waals surface area contributed by atoms with Crippen LogP contribution in [0.1, 0.15) is 41.4 Å². The Morgan fingerprint density at radius 2 is 1.84 bits per heavy atom. The number of H-pyrrole nitrogens is 2. The molecule has 0 unspecified atom stereocenters. The van der Waals surface area contributed by atoms with Gasteiger partial charge in [0, 0.05) is 28.7 Å². The highest BCUT2D eigenvalue weighted by Gasteiger charge is 2.57. The van der Waals surface area contributed by atoms with Crippen LogP contribution in [-0.4, -0.2) is 58.4 Å². The fraction of sp³-hybridized carbons (Fsp3) is 0.367. The maximum absolute atomic E-state index is 14.7. The van der Waals surface area contributed by atoms with Gasteiger partial charge in [-0.25, -0.2) is 14.2 Å². The van der Waals surface area contributed by atoms with Gasteiger partial charge in [-0.05, 0) is 73.8 Å². The number of fused-ring (bicyclic) bond motifs is 2. The summed E-state index contributed by atoms with van der Waals surface area (Å²) in [5, 5.41) is 16.9. The summed E-state index contributed by atoms with van der Waals surface area (Å²) < 4.78 is 63.8. The number of nitrogens with zero attached hydrogens (tertiary/aromatic N) is 1. The number of imidazole rings is 1. The average molecular weight is 600 g/mol. The van der Waals surface area contributed by atoms with Gasteiger partial charge in [-0.3, -0.25) is 4.79 Å². The van der Waals surface area contributed by atoms with Crippen LogP contribution in [0.25, 0.3) is 22.3 Å². The number of amides is 1. The number of nitrogens with one attached hydrogen (secondary N) is 4. The number of benzene rings is 2. The van der Waals surface area contributed by atoms with Crippen LogP contribution in [0.15, 0.2) is 53.3 Å². The lowest BCUT2D eigenvalue weighted by Gasteiger charge is -2.32. The van der Waals surface area contributed by atoms with E-state index in [1.807, 2.05) is 6.92 Å². The lowest BCUT2D eigenvalue weighted by molar-refractivity contribution is -0.265. The maximum atomic E-state index is 14.7. The molecule has 6 rings (SSSR count). The number of alkyl halides is 3. The highest BCUT2D eigenvalue weighted by Crippen LogP contribution is 2.47. The van der Waals surface area contributed by atoms with Crippen molar-refractivity contribution in [3.63, 3.8) is 0 Å². The topological polar surface area (TPSA) is 132 Å². The Morgan fingerprint density at radius 1 is 1.12 bits per heavy atom. The SMILES string of the molecule is C[C@]1(CNCC2CC2)COc2c1cc([C@@](O)(CNC(=O)c1ccc3[nH]c(=O)[nH]c3c1)C(F)(F)F)nc2-c1ccc(F)cc1. The molecule has 0 saturated heterocycles. The molecule has 1 saturated carbocycles. The summed E-state index contributed by atoms with van der Waals surface area (Å²) in [6.07, 6.45) is -3.00. The van der Waals surface area contributed by atoms with E-state index >= 15 is 0 Å². The Labute approximate surface area is 242 Å². The van der Waals surface area contributed by atoms with Gasteiger partial charge in [0.25, 0.3) is 5.91 Å². The number of hydrogen-bond donors (Lipinski definition) is 5. The first-order valence-electron chi connectivity index (χ1n) is 13.8. The van der Waals surface area contributed by atoms with E-state index in [1.54, 1.807) is 0 Å². The number of aliphatic hydroxyl groups is 1. The van der Waals surface area contributed by atoms with Crippen LogP contribution in [0.2, 0.25) is 0 Å². The highest BCUT2D eigenvalue weighted by atomic mass is 19.4. The van der Waals surface area contributed by atoms with Crippen molar-refractivity contribution < 1.29 is 32.2 Å². The van der Waals surface area contributed by atoms with Crippen LogP contribution >= 0.6 is 0 Å². The fourth-order valence-electron chi connectivity index (χ4n) is 5.29. The summed E-state index contributed by atoms with van der Waals surface area (Å²) in [4.78, 5) is 33.7. The van der Waals surface area contributed by atoms with Crippen LogP contribution in [0.4, 0.5) is 17.6 Å². The monoisotopic (exact) mass is 599 g/mol. The number of aromatic amines is 2. The van der Waals surface area contributed by atoms with Crippen LogP contribution in [-0.2, 0) is 11.0 Å². The number of rotatable bonds is 9. The minimum atomic E-state index is -5.25.